The second kappa shape index (κ2) is 49.0. The number of carbonyl (C=O) groups excluding carboxylic acids is 5. The van der Waals surface area contributed by atoms with Crippen molar-refractivity contribution in [2.24, 2.45) is 0 Å². The van der Waals surface area contributed by atoms with Gasteiger partial charge in [0.1, 0.15) is 220 Å². The van der Waals surface area contributed by atoms with E-state index in [0.717, 1.165) is 34.6 Å². The monoisotopic (exact) mass is 2020 g/mol. The summed E-state index contributed by atoms with van der Waals surface area (Å²) in [4.78, 5) is 89.8. The average molecular weight is 2020 g/mol. The van der Waals surface area contributed by atoms with Gasteiger partial charge in [0, 0.05) is 47.5 Å². The fourth-order valence-corrected chi connectivity index (χ4v) is 17.7. The molecular formula is C76H123F2N5O55. The summed E-state index contributed by atoms with van der Waals surface area (Å²) < 4.78 is 142. The van der Waals surface area contributed by atoms with Crippen LogP contribution in [-0.4, -0.2) is 574 Å². The van der Waals surface area contributed by atoms with E-state index in [0.29, 0.717) is 0 Å². The van der Waals surface area contributed by atoms with Crippen LogP contribution >= 0.6 is 0 Å². The summed E-state index contributed by atoms with van der Waals surface area (Å²) in [7, 11) is 0. The first-order chi connectivity index (χ1) is 65.0. The van der Waals surface area contributed by atoms with Crippen molar-refractivity contribution in [1.82, 2.24) is 26.6 Å². The predicted octanol–water partition coefficient (Wildman–Crippen LogP) is -21.7. The van der Waals surface area contributed by atoms with E-state index in [2.05, 4.69) is 26.6 Å². The number of carboxylic acids is 2. The lowest BCUT2D eigenvalue weighted by Gasteiger charge is -2.51. The van der Waals surface area contributed by atoms with Crippen LogP contribution in [0.2, 0.25) is 0 Å². The first kappa shape index (κ1) is 114. The maximum atomic E-state index is 15.0. The minimum Gasteiger partial charge on any atom is -0.477 e. The number of alkyl halides is 2. The second-order valence-electron chi connectivity index (χ2n) is 34.5. The molecule has 34 N–H and O–H groups in total. The highest BCUT2D eigenvalue weighted by atomic mass is 19.1. The molecule has 5 amide bonds. The number of aliphatic carboxylic acids is 2. The molecule has 0 saturated carbocycles. The number of hydrogen-bond acceptors (Lipinski definition) is 53. The van der Waals surface area contributed by atoms with Gasteiger partial charge in [-0.1, -0.05) is 0 Å². The fourth-order valence-electron chi connectivity index (χ4n) is 17.7. The van der Waals surface area contributed by atoms with Crippen molar-refractivity contribution in [3.63, 3.8) is 0 Å². The van der Waals surface area contributed by atoms with E-state index in [1.54, 1.807) is 0 Å². The van der Waals surface area contributed by atoms with Crippen LogP contribution in [0.4, 0.5) is 8.78 Å². The van der Waals surface area contributed by atoms with Gasteiger partial charge >= 0.3 is 11.9 Å². The zero-order valence-corrected chi connectivity index (χ0v) is 73.7. The Morgan fingerprint density at radius 2 is 0.587 bits per heavy atom. The summed E-state index contributed by atoms with van der Waals surface area (Å²) in [6.07, 6.45) is -108. The largest absolute Gasteiger partial charge is 0.477 e. The zero-order chi connectivity index (χ0) is 102. The molecule has 0 bridgehead atoms. The van der Waals surface area contributed by atoms with Gasteiger partial charge in [-0.2, -0.15) is 0 Å². The van der Waals surface area contributed by atoms with Crippen molar-refractivity contribution in [2.45, 2.75) is 366 Å². The third-order valence-electron chi connectivity index (χ3n) is 24.7. The van der Waals surface area contributed by atoms with Gasteiger partial charge in [0.15, 0.2) is 62.7 Å². The van der Waals surface area contributed by atoms with E-state index < -0.39 is 438 Å². The number of hydrogen-bond donors (Lipinski definition) is 34. The smallest absolute Gasteiger partial charge is 0.364 e. The average Bonchev–Trinajstić information content (AvgIpc) is 0.752. The number of aliphatic hydroxyl groups excluding tert-OH is 27. The molecule has 62 heteroatoms. The molecule has 52 atom stereocenters. The number of amides is 5. The van der Waals surface area contributed by atoms with E-state index in [4.69, 9.17) is 90.0 Å². The molecule has 0 aliphatic carbocycles. The van der Waals surface area contributed by atoms with Crippen LogP contribution in [0.3, 0.4) is 0 Å². The number of nitrogens with one attached hydrogen (secondary N) is 5. The Morgan fingerprint density at radius 3 is 0.935 bits per heavy atom. The highest BCUT2D eigenvalue weighted by Crippen LogP contribution is 2.45. The number of carboxylic acid groups (broad SMARTS) is 2. The predicted molar refractivity (Wildman–Crippen MR) is 420 cm³/mol. The molecule has 10 aliphatic rings. The molecule has 10 saturated heterocycles. The zero-order valence-electron chi connectivity index (χ0n) is 73.7. The number of rotatable bonds is 39. The minimum absolute atomic E-state index is 0.837. The van der Waals surface area contributed by atoms with E-state index in [1.807, 2.05) is 0 Å². The Bertz CT molecular complexity index is 3940. The summed E-state index contributed by atoms with van der Waals surface area (Å²) in [5.41, 5.74) is 0. The van der Waals surface area contributed by atoms with Crippen LogP contribution in [0.1, 0.15) is 47.5 Å². The van der Waals surface area contributed by atoms with E-state index >= 15 is 8.78 Å². The molecule has 60 nitrogen and oxygen atoms in total. The van der Waals surface area contributed by atoms with Crippen molar-refractivity contribution < 1.29 is 280 Å². The van der Waals surface area contributed by atoms with Gasteiger partial charge < -0.3 is 265 Å². The Labute approximate surface area is 777 Å². The first-order valence-electron chi connectivity index (χ1n) is 43.3. The van der Waals surface area contributed by atoms with Crippen molar-refractivity contribution >= 4 is 41.5 Å². The maximum Gasteiger partial charge on any atom is 0.364 e. The van der Waals surface area contributed by atoms with Gasteiger partial charge in [-0.15, -0.1) is 0 Å². The highest BCUT2D eigenvalue weighted by Gasteiger charge is 2.66. The molecule has 796 valence electrons. The third-order valence-corrected chi connectivity index (χ3v) is 24.7. The van der Waals surface area contributed by atoms with Crippen molar-refractivity contribution in [3.8, 4) is 0 Å². The number of halogens is 2. The summed E-state index contributed by atoms with van der Waals surface area (Å²) >= 11 is 0. The van der Waals surface area contributed by atoms with Crippen LogP contribution in [-0.2, 0) is 124 Å². The Balaban J connectivity index is 0.932. The fraction of sp³-hybridized carbons (Fsp3) is 0.908. The summed E-state index contributed by atoms with van der Waals surface area (Å²) in [5.74, 6) is -16.1. The van der Waals surface area contributed by atoms with Gasteiger partial charge in [-0.3, -0.25) is 24.0 Å². The SMILES string of the molecule is CC(=O)NC1C(O)OC(CO)C(OC2OC(COC3OC(CO)C(O)C(O)C3OC3OC(CO)C(OC4OC(CO)C(O)C(OC5(C(=O)O)CC(O)C(NC(C)=O)C([C@H](O)[C@H](F)CO)O5)C4O)C(O)C3NC(C)=O)C(O)C(OC3OC(CO)C(O)C(O)C3OC3OC(CO)C(OC4OC(CO)C(O)C(OC5(C(=O)O)CC(O)C(NC(C)=O)C([C@H](O)[C@H](F)CO)O5)C4O)C(O)C3NC(C)=O)C2O)C1O. The Morgan fingerprint density at radius 1 is 0.312 bits per heavy atom. The standard InChI is InChI=1S/C76H123F2N5O55/c1-18(93)79-35-25(98)6-75(73(116)117,135-58(35)40(100)23(77)8-84)137-61-44(104)29(12-88)122-69(53(61)113)130-56-32(15-91)126-66(38(48(56)108)82-21(4)96)133-63-50(110)42(102)27(10-86)124-71(63)120-17-34-46(106)60(52(112)68(128-34)129-55-31(14-90)121-65(115)37(47(55)107)81-20(3)95)132-72-64(51(111)43(103)28(11-87)125-72)134-67-39(83-22(5)97)49(109)57(33(16-92)127-67)131-70-54(114)62(45(105)30(13-89)123-70)138-76(74(118)119)7-26(99)36(80-19(2)94)59(136-76)41(101)24(78)9-85/h23-72,84-92,98-115H,6-17H2,1-5H3,(H,79,93)(H,80,94)(H,81,95)(H,82,96)(H,83,97)(H,116,117)(H,118,119)/t23-,24-,25?,26?,27?,28?,29?,30?,31?,32?,33?,34?,35?,36?,37?,38?,39?,40-,41-,42?,43?,44?,45?,46?,47?,48?,49?,50?,51?,52?,53?,54?,55?,56?,57?,58?,59?,60?,61?,62?,63?,64?,65?,66?,67?,68?,69?,70?,71?,72?,75?,76?/m1/s1. The Hall–Kier alpha value is -5.69. The number of carbonyl (C=O) groups is 7. The molecule has 0 radical (unpaired) electrons. The molecule has 0 aromatic heterocycles. The summed E-state index contributed by atoms with van der Waals surface area (Å²) in [5, 5.41) is 338. The topological polar surface area (TPSA) is 942 Å². The number of aliphatic hydroxyl groups is 27. The maximum absolute atomic E-state index is 15.0. The molecule has 48 unspecified atom stereocenters. The van der Waals surface area contributed by atoms with Crippen molar-refractivity contribution in [3.05, 3.63) is 0 Å². The van der Waals surface area contributed by atoms with Crippen molar-refractivity contribution in [2.75, 3.05) is 66.1 Å². The molecule has 0 aromatic carbocycles. The molecule has 10 heterocycles. The van der Waals surface area contributed by atoms with Crippen LogP contribution in [0.25, 0.3) is 0 Å². The molecular weight excluding hydrogens is 1900 g/mol. The molecule has 10 fully saturated rings. The van der Waals surface area contributed by atoms with Crippen LogP contribution in [0, 0.1) is 0 Å². The lowest BCUT2D eigenvalue weighted by Crippen LogP contribution is -2.71. The van der Waals surface area contributed by atoms with Gasteiger partial charge in [-0.25, -0.2) is 18.4 Å². The first-order valence-corrected chi connectivity index (χ1v) is 43.3. The molecule has 10 aliphatic heterocycles. The lowest BCUT2D eigenvalue weighted by atomic mass is 9.88. The van der Waals surface area contributed by atoms with Crippen LogP contribution in [0.5, 0.6) is 0 Å². The molecule has 0 spiro atoms. The normalized spacial score (nSPS) is 46.2. The van der Waals surface area contributed by atoms with Gasteiger partial charge in [-0.05, 0) is 0 Å². The van der Waals surface area contributed by atoms with Crippen LogP contribution < -0.4 is 26.6 Å². The third kappa shape index (κ3) is 25.0. The molecule has 10 rings (SSSR count). The van der Waals surface area contributed by atoms with Crippen LogP contribution in [0.15, 0.2) is 0 Å². The van der Waals surface area contributed by atoms with E-state index in [1.165, 1.54) is 0 Å². The number of ether oxygens (including phenoxy) is 19. The summed E-state index contributed by atoms with van der Waals surface area (Å²) in [6.45, 7) is -8.56. The molecule has 138 heavy (non-hydrogen) atoms. The second-order valence-corrected chi connectivity index (χ2v) is 34.5. The Kier molecular flexibility index (Phi) is 40.6. The quantitative estimate of drug-likeness (QED) is 0.0272. The highest BCUT2D eigenvalue weighted by molar-refractivity contribution is 5.78. The minimum atomic E-state index is -3.39. The lowest BCUT2D eigenvalue weighted by molar-refractivity contribution is -0.400. The van der Waals surface area contributed by atoms with E-state index in [-0.39, 0.29) is 0 Å². The van der Waals surface area contributed by atoms with Gasteiger partial charge in [0.2, 0.25) is 29.5 Å². The molecule has 0 aromatic rings. The van der Waals surface area contributed by atoms with Gasteiger partial charge in [0.05, 0.1) is 90.4 Å². The summed E-state index contributed by atoms with van der Waals surface area (Å²) in [6, 6.07) is -9.83. The van der Waals surface area contributed by atoms with E-state index in [9.17, 15) is 182 Å². The van der Waals surface area contributed by atoms with Crippen molar-refractivity contribution in [1.29, 1.82) is 0 Å². The van der Waals surface area contributed by atoms with Gasteiger partial charge in [0.25, 0.3) is 11.6 Å².